The van der Waals surface area contributed by atoms with Gasteiger partial charge in [0.2, 0.25) is 0 Å². The van der Waals surface area contributed by atoms with Crippen LogP contribution in [0, 0.1) is 0 Å². The highest BCUT2D eigenvalue weighted by molar-refractivity contribution is 6.13. The van der Waals surface area contributed by atoms with Crippen LogP contribution in [0.3, 0.4) is 0 Å². The molecular formula is C18H12O. The molecule has 4 rings (SSSR count). The summed E-state index contributed by atoms with van der Waals surface area (Å²) in [5, 5.41) is 5.03. The minimum absolute atomic E-state index is 0.918. The number of furan rings is 1. The van der Waals surface area contributed by atoms with E-state index in [0.29, 0.717) is 0 Å². The van der Waals surface area contributed by atoms with Crippen molar-refractivity contribution in [1.29, 1.82) is 0 Å². The van der Waals surface area contributed by atoms with Crippen LogP contribution in [0.15, 0.2) is 77.4 Å². The standard InChI is InChI=1S/C18H12O/c1-2-7-14-13(6-1)12-17(18-10-5-11-19-18)16-9-4-3-8-15(14)16/h1-12H. The highest BCUT2D eigenvalue weighted by Gasteiger charge is 2.09. The van der Waals surface area contributed by atoms with Crippen LogP contribution in [0.2, 0.25) is 0 Å². The van der Waals surface area contributed by atoms with Crippen molar-refractivity contribution in [3.05, 3.63) is 73.0 Å². The van der Waals surface area contributed by atoms with E-state index in [4.69, 9.17) is 4.42 Å². The molecule has 0 aliphatic rings. The first kappa shape index (κ1) is 10.4. The van der Waals surface area contributed by atoms with Crippen LogP contribution in [-0.4, -0.2) is 0 Å². The van der Waals surface area contributed by atoms with Crippen molar-refractivity contribution in [3.63, 3.8) is 0 Å². The van der Waals surface area contributed by atoms with E-state index in [1.54, 1.807) is 6.26 Å². The van der Waals surface area contributed by atoms with E-state index in [-0.39, 0.29) is 0 Å². The summed E-state index contributed by atoms with van der Waals surface area (Å²) >= 11 is 0. The zero-order chi connectivity index (χ0) is 12.7. The molecule has 0 unspecified atom stereocenters. The normalized spacial score (nSPS) is 11.2. The van der Waals surface area contributed by atoms with Gasteiger partial charge < -0.3 is 4.42 Å². The number of fused-ring (bicyclic) bond motifs is 3. The Kier molecular flexibility index (Phi) is 2.18. The van der Waals surface area contributed by atoms with Crippen molar-refractivity contribution in [2.24, 2.45) is 0 Å². The summed E-state index contributed by atoms with van der Waals surface area (Å²) in [6, 6.07) is 23.1. The maximum atomic E-state index is 5.58. The average molecular weight is 244 g/mol. The largest absolute Gasteiger partial charge is 0.464 e. The van der Waals surface area contributed by atoms with E-state index >= 15 is 0 Å². The lowest BCUT2D eigenvalue weighted by Crippen LogP contribution is -1.82. The molecule has 1 heteroatoms. The molecule has 1 nitrogen and oxygen atoms in total. The first-order valence-corrected chi connectivity index (χ1v) is 6.38. The molecule has 0 radical (unpaired) electrons. The maximum Gasteiger partial charge on any atom is 0.134 e. The Balaban J connectivity index is 2.22. The second-order valence-electron chi connectivity index (χ2n) is 4.67. The van der Waals surface area contributed by atoms with E-state index in [2.05, 4.69) is 54.6 Å². The molecule has 1 aromatic heterocycles. The summed E-state index contributed by atoms with van der Waals surface area (Å²) in [4.78, 5) is 0. The molecule has 90 valence electrons. The Morgan fingerprint density at radius 1 is 0.632 bits per heavy atom. The van der Waals surface area contributed by atoms with Gasteiger partial charge in [-0.1, -0.05) is 48.5 Å². The molecular weight excluding hydrogens is 232 g/mol. The summed E-state index contributed by atoms with van der Waals surface area (Å²) in [6.07, 6.45) is 1.72. The van der Waals surface area contributed by atoms with Crippen LogP contribution in [0.4, 0.5) is 0 Å². The van der Waals surface area contributed by atoms with Crippen LogP contribution < -0.4 is 0 Å². The number of benzene rings is 3. The SMILES string of the molecule is c1coc(-c2cc3ccccc3c3ccccc23)c1. The van der Waals surface area contributed by atoms with Crippen LogP contribution in [0.25, 0.3) is 32.9 Å². The van der Waals surface area contributed by atoms with Gasteiger partial charge in [0.25, 0.3) is 0 Å². The Labute approximate surface area is 111 Å². The Hall–Kier alpha value is -2.54. The zero-order valence-corrected chi connectivity index (χ0v) is 10.3. The molecule has 0 aliphatic carbocycles. The summed E-state index contributed by atoms with van der Waals surface area (Å²) in [5.74, 6) is 0.918. The first-order valence-electron chi connectivity index (χ1n) is 6.38. The van der Waals surface area contributed by atoms with Crippen molar-refractivity contribution in [2.75, 3.05) is 0 Å². The van der Waals surface area contributed by atoms with Crippen LogP contribution in [-0.2, 0) is 0 Å². The van der Waals surface area contributed by atoms with Gasteiger partial charge in [-0.3, -0.25) is 0 Å². The Bertz CT molecular complexity index is 857. The molecule has 0 saturated carbocycles. The van der Waals surface area contributed by atoms with Crippen molar-refractivity contribution in [1.82, 2.24) is 0 Å². The molecule has 0 aliphatic heterocycles. The van der Waals surface area contributed by atoms with E-state index in [9.17, 15) is 0 Å². The molecule has 0 fully saturated rings. The smallest absolute Gasteiger partial charge is 0.134 e. The van der Waals surface area contributed by atoms with E-state index in [1.807, 2.05) is 12.1 Å². The molecule has 0 spiro atoms. The molecule has 3 aromatic carbocycles. The lowest BCUT2D eigenvalue weighted by atomic mass is 9.96. The lowest BCUT2D eigenvalue weighted by molar-refractivity contribution is 0.583. The second kappa shape index (κ2) is 3.99. The third-order valence-corrected chi connectivity index (χ3v) is 3.55. The zero-order valence-electron chi connectivity index (χ0n) is 10.3. The first-order chi connectivity index (χ1) is 9.43. The third-order valence-electron chi connectivity index (χ3n) is 3.55. The molecule has 4 aromatic rings. The van der Waals surface area contributed by atoms with E-state index < -0.39 is 0 Å². The lowest BCUT2D eigenvalue weighted by Gasteiger charge is -2.08. The second-order valence-corrected chi connectivity index (χ2v) is 4.67. The molecule has 0 N–H and O–H groups in total. The topological polar surface area (TPSA) is 13.1 Å². The number of rotatable bonds is 1. The van der Waals surface area contributed by atoms with Gasteiger partial charge in [0.1, 0.15) is 5.76 Å². The number of hydrogen-bond acceptors (Lipinski definition) is 1. The van der Waals surface area contributed by atoms with Crippen molar-refractivity contribution in [2.45, 2.75) is 0 Å². The van der Waals surface area contributed by atoms with Gasteiger partial charge in [-0.2, -0.15) is 0 Å². The van der Waals surface area contributed by atoms with Crippen molar-refractivity contribution >= 4 is 21.5 Å². The van der Waals surface area contributed by atoms with Crippen LogP contribution in [0.1, 0.15) is 0 Å². The van der Waals surface area contributed by atoms with Crippen LogP contribution in [0.5, 0.6) is 0 Å². The monoisotopic (exact) mass is 244 g/mol. The maximum absolute atomic E-state index is 5.58. The predicted molar refractivity (Wildman–Crippen MR) is 79.2 cm³/mol. The number of hydrogen-bond donors (Lipinski definition) is 0. The van der Waals surface area contributed by atoms with E-state index in [1.165, 1.54) is 21.5 Å². The van der Waals surface area contributed by atoms with Gasteiger partial charge in [0.15, 0.2) is 0 Å². The molecule has 0 atom stereocenters. The molecule has 0 bridgehead atoms. The summed E-state index contributed by atoms with van der Waals surface area (Å²) in [6.45, 7) is 0. The molecule has 1 heterocycles. The highest BCUT2D eigenvalue weighted by Crippen LogP contribution is 2.34. The van der Waals surface area contributed by atoms with Crippen molar-refractivity contribution < 1.29 is 4.42 Å². The minimum atomic E-state index is 0.918. The summed E-state index contributed by atoms with van der Waals surface area (Å²) in [7, 11) is 0. The fraction of sp³-hybridized carbons (Fsp3) is 0. The summed E-state index contributed by atoms with van der Waals surface area (Å²) < 4.78 is 5.58. The predicted octanol–water partition coefficient (Wildman–Crippen LogP) is 5.25. The van der Waals surface area contributed by atoms with Crippen molar-refractivity contribution in [3.8, 4) is 11.3 Å². The minimum Gasteiger partial charge on any atom is -0.464 e. The molecule has 0 saturated heterocycles. The van der Waals surface area contributed by atoms with Gasteiger partial charge >= 0.3 is 0 Å². The molecule has 19 heavy (non-hydrogen) atoms. The Morgan fingerprint density at radius 2 is 1.37 bits per heavy atom. The average Bonchev–Trinajstić information content (AvgIpc) is 3.00. The van der Waals surface area contributed by atoms with Gasteiger partial charge in [-0.05, 0) is 39.7 Å². The third kappa shape index (κ3) is 1.55. The fourth-order valence-corrected chi connectivity index (χ4v) is 2.69. The quantitative estimate of drug-likeness (QED) is 0.417. The van der Waals surface area contributed by atoms with Gasteiger partial charge in [0.05, 0.1) is 6.26 Å². The van der Waals surface area contributed by atoms with Gasteiger partial charge in [0, 0.05) is 5.56 Å². The van der Waals surface area contributed by atoms with E-state index in [0.717, 1.165) is 11.3 Å². The van der Waals surface area contributed by atoms with Crippen LogP contribution >= 0.6 is 0 Å². The highest BCUT2D eigenvalue weighted by atomic mass is 16.3. The molecule has 0 amide bonds. The fourth-order valence-electron chi connectivity index (χ4n) is 2.69. The van der Waals surface area contributed by atoms with Gasteiger partial charge in [-0.15, -0.1) is 0 Å². The van der Waals surface area contributed by atoms with Gasteiger partial charge in [-0.25, -0.2) is 0 Å². The summed E-state index contributed by atoms with van der Waals surface area (Å²) in [5.41, 5.74) is 1.15. The Morgan fingerprint density at radius 3 is 2.16 bits per heavy atom.